The first kappa shape index (κ1) is 24.4. The summed E-state index contributed by atoms with van der Waals surface area (Å²) < 4.78 is 67.0. The average Bonchev–Trinajstić information content (AvgIpc) is 2.77. The molecule has 5 N–H and O–H groups in total. The zero-order chi connectivity index (χ0) is 24.4. The van der Waals surface area contributed by atoms with Crippen LogP contribution in [-0.2, 0) is 32.2 Å². The lowest BCUT2D eigenvalue weighted by Crippen LogP contribution is -2.54. The van der Waals surface area contributed by atoms with E-state index in [2.05, 4.69) is 15.6 Å². The highest BCUT2D eigenvalue weighted by Crippen LogP contribution is 2.35. The molecule has 0 fully saturated rings. The van der Waals surface area contributed by atoms with Gasteiger partial charge in [0, 0.05) is 6.42 Å². The zero-order valence-electron chi connectivity index (χ0n) is 16.9. The Labute approximate surface area is 186 Å². The van der Waals surface area contributed by atoms with E-state index in [-0.39, 0.29) is 30.0 Å². The van der Waals surface area contributed by atoms with E-state index in [0.29, 0.717) is 12.5 Å². The first-order valence-corrected chi connectivity index (χ1v) is 11.0. The van der Waals surface area contributed by atoms with E-state index < -0.39 is 51.3 Å². The minimum absolute atomic E-state index is 0.0382. The Hall–Kier alpha value is -3.23. The molecule has 1 aliphatic heterocycles. The van der Waals surface area contributed by atoms with Crippen LogP contribution in [0.5, 0.6) is 0 Å². The zero-order valence-corrected chi connectivity index (χ0v) is 17.7. The molecule has 1 aromatic heterocycles. The number of amides is 2. The molecule has 0 saturated heterocycles. The number of alkyl halides is 3. The number of carbonyl (C=O) groups excluding carboxylic acids is 2. The molecule has 33 heavy (non-hydrogen) atoms. The summed E-state index contributed by atoms with van der Waals surface area (Å²) in [5.74, 6) is -0.735. The number of pyridine rings is 1. The summed E-state index contributed by atoms with van der Waals surface area (Å²) in [7, 11) is -4.54. The summed E-state index contributed by atoms with van der Waals surface area (Å²) in [6.07, 6.45) is -3.05. The smallest absolute Gasteiger partial charge is 0.394 e. The van der Waals surface area contributed by atoms with Gasteiger partial charge < -0.3 is 21.5 Å². The van der Waals surface area contributed by atoms with E-state index in [4.69, 9.17) is 10.8 Å². The van der Waals surface area contributed by atoms with Crippen molar-refractivity contribution in [2.45, 2.75) is 29.6 Å². The summed E-state index contributed by atoms with van der Waals surface area (Å²) in [5.41, 5.74) is 4.77. The van der Waals surface area contributed by atoms with Crippen molar-refractivity contribution in [3.8, 4) is 0 Å². The fourth-order valence-corrected chi connectivity index (χ4v) is 4.85. The number of hydrogen-bond acceptors (Lipinski definition) is 7. The Morgan fingerprint density at radius 3 is 2.73 bits per heavy atom. The van der Waals surface area contributed by atoms with Crippen molar-refractivity contribution in [2.75, 3.05) is 22.8 Å². The van der Waals surface area contributed by atoms with Crippen LogP contribution < -0.4 is 20.7 Å². The van der Waals surface area contributed by atoms with Crippen molar-refractivity contribution >= 4 is 33.7 Å². The minimum atomic E-state index is -4.76. The molecule has 0 saturated carbocycles. The molecule has 2 heterocycles. The van der Waals surface area contributed by atoms with Crippen LogP contribution in [0.4, 0.5) is 24.5 Å². The molecule has 3 rings (SSSR count). The molecule has 1 aliphatic rings. The topological polar surface area (TPSA) is 155 Å². The Bertz CT molecular complexity index is 1160. The normalized spacial score (nSPS) is 17.1. The molecule has 0 aliphatic carbocycles. The lowest BCUT2D eigenvalue weighted by molar-refractivity contribution is -0.137. The summed E-state index contributed by atoms with van der Waals surface area (Å²) >= 11 is 0. The number of hydrogen-bond donors (Lipinski definition) is 4. The van der Waals surface area contributed by atoms with Crippen LogP contribution in [-0.4, -0.2) is 56.1 Å². The van der Waals surface area contributed by atoms with Crippen LogP contribution in [0.15, 0.2) is 41.4 Å². The van der Waals surface area contributed by atoms with E-state index in [1.807, 2.05) is 0 Å². The Kier molecular flexibility index (Phi) is 6.90. The van der Waals surface area contributed by atoms with Gasteiger partial charge in [0.25, 0.3) is 10.0 Å². The molecule has 0 radical (unpaired) electrons. The van der Waals surface area contributed by atoms with Crippen molar-refractivity contribution < 1.29 is 36.3 Å². The molecule has 1 aromatic carbocycles. The number of benzene rings is 1. The number of halogens is 3. The van der Waals surface area contributed by atoms with Crippen LogP contribution in [0.2, 0.25) is 0 Å². The highest BCUT2D eigenvalue weighted by atomic mass is 32.2. The predicted octanol–water partition coefficient (Wildman–Crippen LogP) is 0.225. The Morgan fingerprint density at radius 2 is 2.09 bits per heavy atom. The molecule has 0 bridgehead atoms. The van der Waals surface area contributed by atoms with Gasteiger partial charge in [-0.25, -0.2) is 8.42 Å². The van der Waals surface area contributed by atoms with Gasteiger partial charge in [-0.15, -0.1) is 0 Å². The molecule has 10 nitrogen and oxygen atoms in total. The monoisotopic (exact) mass is 487 g/mol. The van der Waals surface area contributed by atoms with E-state index in [1.165, 1.54) is 12.3 Å². The number of aromatic nitrogens is 1. The largest absolute Gasteiger partial charge is 0.416 e. The number of carbonyl (C=O) groups is 2. The van der Waals surface area contributed by atoms with Crippen LogP contribution in [0.25, 0.3) is 0 Å². The number of nitrogens with two attached hydrogens (primary N) is 1. The lowest BCUT2D eigenvalue weighted by Gasteiger charge is -2.35. The molecule has 2 aromatic rings. The summed E-state index contributed by atoms with van der Waals surface area (Å²) in [6, 6.07) is 2.50. The van der Waals surface area contributed by atoms with Gasteiger partial charge in [-0.1, -0.05) is 6.07 Å². The van der Waals surface area contributed by atoms with Gasteiger partial charge in [0.05, 0.1) is 52.9 Å². The number of nitrogens with one attached hydrogen (secondary N) is 2. The van der Waals surface area contributed by atoms with Crippen molar-refractivity contribution in [2.24, 2.45) is 5.73 Å². The number of aliphatic hydroxyl groups is 1. The van der Waals surface area contributed by atoms with Crippen LogP contribution >= 0.6 is 0 Å². The lowest BCUT2D eigenvalue weighted by atomic mass is 10.0. The molecule has 2 atom stereocenters. The summed E-state index contributed by atoms with van der Waals surface area (Å²) in [6.45, 7) is -0.984. The van der Waals surface area contributed by atoms with Crippen molar-refractivity contribution in [1.29, 1.82) is 0 Å². The maximum absolute atomic E-state index is 13.4. The molecule has 14 heteroatoms. The van der Waals surface area contributed by atoms with E-state index in [9.17, 15) is 31.2 Å². The van der Waals surface area contributed by atoms with Crippen molar-refractivity contribution in [3.63, 3.8) is 0 Å². The Morgan fingerprint density at radius 1 is 1.36 bits per heavy atom. The molecule has 2 amide bonds. The molecular weight excluding hydrogens is 467 g/mol. The molecule has 0 spiro atoms. The van der Waals surface area contributed by atoms with E-state index >= 15 is 0 Å². The van der Waals surface area contributed by atoms with Gasteiger partial charge in [0.2, 0.25) is 12.3 Å². The highest BCUT2D eigenvalue weighted by molar-refractivity contribution is 7.92. The summed E-state index contributed by atoms with van der Waals surface area (Å²) in [4.78, 5) is 26.4. The third-order valence-corrected chi connectivity index (χ3v) is 6.67. The summed E-state index contributed by atoms with van der Waals surface area (Å²) in [5, 5.41) is 13.9. The third kappa shape index (κ3) is 5.23. The highest BCUT2D eigenvalue weighted by Gasteiger charge is 2.37. The van der Waals surface area contributed by atoms with Gasteiger partial charge in [-0.3, -0.25) is 18.9 Å². The number of nitrogens with zero attached hydrogens (tertiary/aromatic N) is 2. The first-order valence-electron chi connectivity index (χ1n) is 9.53. The van der Waals surface area contributed by atoms with Crippen LogP contribution in [0, 0.1) is 0 Å². The SMILES string of the molecule is NC(CO)C(=O)NC1Cc2ncc(NC=O)cc2N(S(=O)(=O)c2cccc(C(F)(F)F)c2)C1. The number of anilines is 2. The standard InChI is InChI=1S/C19H20F3N5O5S/c20-19(21,22)11-2-1-3-14(4-11)33(31,32)27-8-13(26-18(30)15(23)9-28)5-16-17(27)6-12(7-24-16)25-10-29/h1-4,6-7,10,13,15,28H,5,8-9,23H2,(H,25,29)(H,26,30). The second-order valence-electron chi connectivity index (χ2n) is 7.21. The molecular formula is C19H20F3N5O5S. The predicted molar refractivity (Wildman–Crippen MR) is 111 cm³/mol. The fraction of sp³-hybridized carbons (Fsp3) is 0.316. The van der Waals surface area contributed by atoms with Gasteiger partial charge in [-0.2, -0.15) is 13.2 Å². The van der Waals surface area contributed by atoms with E-state index in [0.717, 1.165) is 22.5 Å². The number of fused-ring (bicyclic) bond motifs is 1. The first-order chi connectivity index (χ1) is 15.5. The second-order valence-corrected chi connectivity index (χ2v) is 9.07. The van der Waals surface area contributed by atoms with Crippen molar-refractivity contribution in [1.82, 2.24) is 10.3 Å². The van der Waals surface area contributed by atoms with Crippen LogP contribution in [0.3, 0.4) is 0 Å². The van der Waals surface area contributed by atoms with Crippen molar-refractivity contribution in [3.05, 3.63) is 47.8 Å². The maximum Gasteiger partial charge on any atom is 0.416 e. The second kappa shape index (κ2) is 9.33. The van der Waals surface area contributed by atoms with Crippen LogP contribution in [0.1, 0.15) is 11.3 Å². The maximum atomic E-state index is 13.4. The minimum Gasteiger partial charge on any atom is -0.394 e. The number of rotatable bonds is 7. The molecule has 178 valence electrons. The van der Waals surface area contributed by atoms with Gasteiger partial charge in [-0.05, 0) is 24.3 Å². The fourth-order valence-electron chi connectivity index (χ4n) is 3.27. The van der Waals surface area contributed by atoms with Gasteiger partial charge in [0.15, 0.2) is 0 Å². The van der Waals surface area contributed by atoms with Gasteiger partial charge in [0.1, 0.15) is 6.04 Å². The number of aliphatic hydroxyl groups excluding tert-OH is 1. The average molecular weight is 487 g/mol. The molecule has 2 unspecified atom stereocenters. The third-order valence-electron chi connectivity index (χ3n) is 4.90. The Balaban J connectivity index is 2.06. The number of sulfonamides is 1. The van der Waals surface area contributed by atoms with E-state index in [1.54, 1.807) is 0 Å². The quantitative estimate of drug-likeness (QED) is 0.408. The van der Waals surface area contributed by atoms with Gasteiger partial charge >= 0.3 is 6.18 Å².